The predicted octanol–water partition coefficient (Wildman–Crippen LogP) is 5.01. The number of piperazine rings is 1. The van der Waals surface area contributed by atoms with Gasteiger partial charge in [0.25, 0.3) is 0 Å². The van der Waals surface area contributed by atoms with Gasteiger partial charge in [0, 0.05) is 43.3 Å². The molecule has 34 heavy (non-hydrogen) atoms. The zero-order chi connectivity index (χ0) is 22.6. The average molecular weight is 448 g/mol. The fourth-order valence-electron chi connectivity index (χ4n) is 5.04. The average Bonchev–Trinajstić information content (AvgIpc) is 3.60. The highest BCUT2D eigenvalue weighted by molar-refractivity contribution is 5.97. The van der Waals surface area contributed by atoms with Gasteiger partial charge in [-0.05, 0) is 66.0 Å². The molecular weight excluding hydrogens is 422 g/mol. The van der Waals surface area contributed by atoms with E-state index in [4.69, 9.17) is 4.98 Å². The molecule has 0 spiro atoms. The number of imidazole rings is 1. The summed E-state index contributed by atoms with van der Waals surface area (Å²) in [4.78, 5) is 16.6. The fourth-order valence-corrected chi connectivity index (χ4v) is 5.04. The van der Waals surface area contributed by atoms with Crippen LogP contribution in [0.5, 0.6) is 0 Å². The maximum Gasteiger partial charge on any atom is 0.159 e. The van der Waals surface area contributed by atoms with Crippen molar-refractivity contribution in [2.45, 2.75) is 0 Å². The minimum absolute atomic E-state index is 0.796. The number of fused-ring (bicyclic) bond motifs is 3. The van der Waals surface area contributed by atoms with E-state index < -0.39 is 0 Å². The quantitative estimate of drug-likeness (QED) is 0.356. The number of hydrogen-bond donors (Lipinski definition) is 3. The molecule has 1 saturated heterocycles. The van der Waals surface area contributed by atoms with Crippen LogP contribution in [0.25, 0.3) is 55.5 Å². The number of anilines is 1. The molecule has 1 fully saturated rings. The molecule has 3 aromatic carbocycles. The van der Waals surface area contributed by atoms with Crippen LogP contribution in [0.1, 0.15) is 0 Å². The maximum absolute atomic E-state index is 5.01. The molecule has 3 N–H and O–H groups in total. The van der Waals surface area contributed by atoms with Crippen molar-refractivity contribution in [2.75, 3.05) is 38.1 Å². The third kappa shape index (κ3) is 3.08. The standard InChI is InChI=1S/C27H25N7/c1-33-11-13-34(14-12-33)24-4-2-3-22-26(24)30-27(29-22)25-20-7-5-18(16-23(20)31-32-25)17-6-8-21-19(15-17)9-10-28-21/h2-10,15-16,28H,11-14H2,1H3,(H,29,30)(H,31,32). The molecule has 0 radical (unpaired) electrons. The summed E-state index contributed by atoms with van der Waals surface area (Å²) in [6.07, 6.45) is 1.97. The van der Waals surface area contributed by atoms with E-state index in [-0.39, 0.29) is 0 Å². The minimum Gasteiger partial charge on any atom is -0.367 e. The van der Waals surface area contributed by atoms with Crippen molar-refractivity contribution >= 4 is 38.5 Å². The van der Waals surface area contributed by atoms with E-state index in [1.807, 2.05) is 6.20 Å². The van der Waals surface area contributed by atoms with Gasteiger partial charge >= 0.3 is 0 Å². The predicted molar refractivity (Wildman–Crippen MR) is 138 cm³/mol. The summed E-state index contributed by atoms with van der Waals surface area (Å²) >= 11 is 0. The largest absolute Gasteiger partial charge is 0.367 e. The summed E-state index contributed by atoms with van der Waals surface area (Å²) in [5.74, 6) is 0.796. The van der Waals surface area contributed by atoms with Crippen molar-refractivity contribution in [3.05, 3.63) is 66.9 Å². The summed E-state index contributed by atoms with van der Waals surface area (Å²) in [7, 11) is 2.18. The van der Waals surface area contributed by atoms with Crippen molar-refractivity contribution < 1.29 is 0 Å². The molecule has 0 unspecified atom stereocenters. The highest BCUT2D eigenvalue weighted by atomic mass is 15.3. The third-order valence-electron chi connectivity index (χ3n) is 7.01. The molecule has 0 aliphatic carbocycles. The SMILES string of the molecule is CN1CCN(c2cccc3[nH]c(-c4n[nH]c5cc(-c6ccc7[nH]ccc7c6)ccc45)nc23)CC1. The van der Waals surface area contributed by atoms with Crippen LogP contribution in [0.3, 0.4) is 0 Å². The number of para-hydroxylation sites is 1. The normalized spacial score (nSPS) is 15.1. The zero-order valence-electron chi connectivity index (χ0n) is 19.0. The smallest absolute Gasteiger partial charge is 0.159 e. The molecule has 0 atom stereocenters. The van der Waals surface area contributed by atoms with Crippen LogP contribution in [-0.2, 0) is 0 Å². The Hall–Kier alpha value is -4.10. The van der Waals surface area contributed by atoms with E-state index in [2.05, 4.69) is 97.7 Å². The first-order valence-corrected chi connectivity index (χ1v) is 11.7. The first-order valence-electron chi connectivity index (χ1n) is 11.7. The minimum atomic E-state index is 0.796. The van der Waals surface area contributed by atoms with Gasteiger partial charge in [0.15, 0.2) is 5.82 Å². The summed E-state index contributed by atoms with van der Waals surface area (Å²) in [5, 5.41) is 10.1. The monoisotopic (exact) mass is 447 g/mol. The van der Waals surface area contributed by atoms with Gasteiger partial charge in [-0.1, -0.05) is 18.2 Å². The van der Waals surface area contributed by atoms with Gasteiger partial charge in [0.2, 0.25) is 0 Å². The number of aromatic amines is 3. The van der Waals surface area contributed by atoms with E-state index >= 15 is 0 Å². The molecular formula is C27H25N7. The van der Waals surface area contributed by atoms with Crippen LogP contribution < -0.4 is 4.90 Å². The summed E-state index contributed by atoms with van der Waals surface area (Å²) in [6, 6.07) is 21.4. The van der Waals surface area contributed by atoms with Crippen molar-refractivity contribution in [2.24, 2.45) is 0 Å². The Morgan fingerprint density at radius 1 is 0.824 bits per heavy atom. The second-order valence-corrected chi connectivity index (χ2v) is 9.16. The van der Waals surface area contributed by atoms with E-state index in [1.54, 1.807) is 0 Å². The van der Waals surface area contributed by atoms with Gasteiger partial charge in [0.05, 0.1) is 16.7 Å². The number of aromatic nitrogens is 5. The molecule has 7 heteroatoms. The molecule has 0 bridgehead atoms. The number of nitrogens with zero attached hydrogens (tertiary/aromatic N) is 4. The Labute approximate surface area is 196 Å². The summed E-state index contributed by atoms with van der Waals surface area (Å²) in [6.45, 7) is 4.16. The van der Waals surface area contributed by atoms with Crippen molar-refractivity contribution in [1.82, 2.24) is 30.0 Å². The lowest BCUT2D eigenvalue weighted by molar-refractivity contribution is 0.313. The Kier molecular flexibility index (Phi) is 4.25. The van der Waals surface area contributed by atoms with Gasteiger partial charge < -0.3 is 19.8 Å². The van der Waals surface area contributed by atoms with Gasteiger partial charge in [-0.3, -0.25) is 5.10 Å². The van der Waals surface area contributed by atoms with Crippen LogP contribution in [0.15, 0.2) is 66.9 Å². The number of hydrogen-bond acceptors (Lipinski definition) is 4. The first-order chi connectivity index (χ1) is 16.7. The van der Waals surface area contributed by atoms with Crippen LogP contribution in [0.2, 0.25) is 0 Å². The topological polar surface area (TPSA) is 79.6 Å². The molecule has 168 valence electrons. The van der Waals surface area contributed by atoms with Crippen LogP contribution in [0, 0.1) is 0 Å². The molecule has 0 amide bonds. The summed E-state index contributed by atoms with van der Waals surface area (Å²) in [5.41, 5.74) is 8.58. The van der Waals surface area contributed by atoms with E-state index in [0.29, 0.717) is 0 Å². The van der Waals surface area contributed by atoms with Gasteiger partial charge in [-0.25, -0.2) is 4.98 Å². The Morgan fingerprint density at radius 3 is 2.59 bits per heavy atom. The number of likely N-dealkylation sites (N-methyl/N-ethyl adjacent to an activating group) is 1. The molecule has 1 aliphatic rings. The molecule has 1 aliphatic heterocycles. The maximum atomic E-state index is 5.01. The van der Waals surface area contributed by atoms with Gasteiger partial charge in [-0.15, -0.1) is 0 Å². The highest BCUT2D eigenvalue weighted by Crippen LogP contribution is 2.33. The van der Waals surface area contributed by atoms with Crippen molar-refractivity contribution in [1.29, 1.82) is 0 Å². The molecule has 7 rings (SSSR count). The summed E-state index contributed by atoms with van der Waals surface area (Å²) < 4.78 is 0. The lowest BCUT2D eigenvalue weighted by Crippen LogP contribution is -2.44. The number of H-pyrrole nitrogens is 3. The molecule has 4 heterocycles. The van der Waals surface area contributed by atoms with Crippen LogP contribution in [-0.4, -0.2) is 63.3 Å². The second kappa shape index (κ2) is 7.46. The third-order valence-corrected chi connectivity index (χ3v) is 7.01. The van der Waals surface area contributed by atoms with Crippen molar-refractivity contribution in [3.8, 4) is 22.6 Å². The second-order valence-electron chi connectivity index (χ2n) is 9.16. The number of nitrogens with one attached hydrogen (secondary N) is 3. The highest BCUT2D eigenvalue weighted by Gasteiger charge is 2.20. The van der Waals surface area contributed by atoms with Gasteiger partial charge in [0.1, 0.15) is 11.2 Å². The Bertz CT molecular complexity index is 1650. The first kappa shape index (κ1) is 19.4. The lowest BCUT2D eigenvalue weighted by atomic mass is 10.0. The van der Waals surface area contributed by atoms with Gasteiger partial charge in [-0.2, -0.15) is 5.10 Å². The Balaban J connectivity index is 1.27. The lowest BCUT2D eigenvalue weighted by Gasteiger charge is -2.34. The number of benzene rings is 3. The molecule has 0 saturated carbocycles. The number of rotatable bonds is 3. The molecule has 6 aromatic rings. The Morgan fingerprint density at radius 2 is 1.68 bits per heavy atom. The van der Waals surface area contributed by atoms with Crippen LogP contribution >= 0.6 is 0 Å². The zero-order valence-corrected chi connectivity index (χ0v) is 19.0. The van der Waals surface area contributed by atoms with Crippen LogP contribution in [0.4, 0.5) is 5.69 Å². The van der Waals surface area contributed by atoms with Crippen molar-refractivity contribution in [3.63, 3.8) is 0 Å². The molecule has 3 aromatic heterocycles. The van der Waals surface area contributed by atoms with E-state index in [1.165, 1.54) is 16.6 Å². The van der Waals surface area contributed by atoms with E-state index in [9.17, 15) is 0 Å². The fraction of sp³-hybridized carbons (Fsp3) is 0.185. The van der Waals surface area contributed by atoms with E-state index in [0.717, 1.165) is 70.7 Å². The molecule has 7 nitrogen and oxygen atoms in total.